The van der Waals surface area contributed by atoms with Gasteiger partial charge in [0.25, 0.3) is 0 Å². The van der Waals surface area contributed by atoms with E-state index in [4.69, 9.17) is 20.9 Å². The molecule has 0 N–H and O–H groups in total. The average molecular weight is 357 g/mol. The fourth-order valence-corrected chi connectivity index (χ4v) is 4.83. The standard InChI is InChI=1S/C15H17ClN2O4S/c1-10-8-13(17-22-10)14-4-3-7-18(14)23(19,20)11-5-6-15(21-2)12(16)9-11/h5-6,8-9,14H,3-4,7H2,1-2H3. The normalized spacial score (nSPS) is 19.2. The van der Waals surface area contributed by atoms with Crippen LogP contribution >= 0.6 is 11.6 Å². The lowest BCUT2D eigenvalue weighted by Crippen LogP contribution is -2.30. The smallest absolute Gasteiger partial charge is 0.243 e. The van der Waals surface area contributed by atoms with Gasteiger partial charge in [-0.3, -0.25) is 0 Å². The van der Waals surface area contributed by atoms with E-state index in [-0.39, 0.29) is 16.0 Å². The molecule has 1 fully saturated rings. The molecule has 0 spiro atoms. The molecule has 0 saturated carbocycles. The van der Waals surface area contributed by atoms with Crippen molar-refractivity contribution in [2.75, 3.05) is 13.7 Å². The maximum Gasteiger partial charge on any atom is 0.243 e. The number of methoxy groups -OCH3 is 1. The molecular weight excluding hydrogens is 340 g/mol. The van der Waals surface area contributed by atoms with Crippen LogP contribution in [0.2, 0.25) is 5.02 Å². The van der Waals surface area contributed by atoms with Crippen LogP contribution in [0.1, 0.15) is 30.3 Å². The number of sulfonamides is 1. The van der Waals surface area contributed by atoms with Crippen LogP contribution in [0, 0.1) is 6.92 Å². The Labute approximate surface area is 140 Å². The number of aromatic nitrogens is 1. The van der Waals surface area contributed by atoms with Crippen molar-refractivity contribution in [3.05, 3.63) is 40.7 Å². The number of aryl methyl sites for hydroxylation is 1. The first-order valence-corrected chi connectivity index (χ1v) is 9.04. The molecule has 1 unspecified atom stereocenters. The molecule has 2 heterocycles. The van der Waals surface area contributed by atoms with Gasteiger partial charge in [0, 0.05) is 12.6 Å². The van der Waals surface area contributed by atoms with Crippen LogP contribution in [0.15, 0.2) is 33.7 Å². The van der Waals surface area contributed by atoms with Crippen molar-refractivity contribution in [3.63, 3.8) is 0 Å². The van der Waals surface area contributed by atoms with Crippen molar-refractivity contribution in [3.8, 4) is 5.75 Å². The minimum absolute atomic E-state index is 0.149. The van der Waals surface area contributed by atoms with Crippen molar-refractivity contribution in [2.24, 2.45) is 0 Å². The Morgan fingerprint density at radius 3 is 2.78 bits per heavy atom. The largest absolute Gasteiger partial charge is 0.495 e. The molecule has 1 atom stereocenters. The van der Waals surface area contributed by atoms with Crippen LogP contribution in [-0.2, 0) is 10.0 Å². The lowest BCUT2D eigenvalue weighted by Gasteiger charge is -2.22. The monoisotopic (exact) mass is 356 g/mol. The van der Waals surface area contributed by atoms with E-state index in [0.29, 0.717) is 23.7 Å². The van der Waals surface area contributed by atoms with E-state index in [9.17, 15) is 8.42 Å². The van der Waals surface area contributed by atoms with Crippen molar-refractivity contribution < 1.29 is 17.7 Å². The summed E-state index contributed by atoms with van der Waals surface area (Å²) in [4.78, 5) is 0.149. The highest BCUT2D eigenvalue weighted by molar-refractivity contribution is 7.89. The molecule has 6 nitrogen and oxygen atoms in total. The highest BCUT2D eigenvalue weighted by Crippen LogP contribution is 2.37. The zero-order valence-corrected chi connectivity index (χ0v) is 14.4. The summed E-state index contributed by atoms with van der Waals surface area (Å²) in [7, 11) is -2.18. The van der Waals surface area contributed by atoms with Crippen molar-refractivity contribution in [1.82, 2.24) is 9.46 Å². The second-order valence-corrected chi connectivity index (χ2v) is 7.73. The molecule has 0 radical (unpaired) electrons. The number of benzene rings is 1. The molecule has 0 amide bonds. The van der Waals surface area contributed by atoms with Crippen molar-refractivity contribution >= 4 is 21.6 Å². The average Bonchev–Trinajstić information content (AvgIpc) is 3.15. The molecule has 0 aliphatic carbocycles. The van der Waals surface area contributed by atoms with Gasteiger partial charge in [-0.1, -0.05) is 16.8 Å². The van der Waals surface area contributed by atoms with E-state index < -0.39 is 10.0 Å². The van der Waals surface area contributed by atoms with Gasteiger partial charge < -0.3 is 9.26 Å². The molecule has 8 heteroatoms. The first-order valence-electron chi connectivity index (χ1n) is 7.22. The van der Waals surface area contributed by atoms with Crippen LogP contribution in [0.25, 0.3) is 0 Å². The van der Waals surface area contributed by atoms with Crippen LogP contribution in [0.3, 0.4) is 0 Å². The predicted molar refractivity (Wildman–Crippen MR) is 85.1 cm³/mol. The zero-order chi connectivity index (χ0) is 16.6. The Kier molecular flexibility index (Phi) is 4.35. The maximum absolute atomic E-state index is 12.9. The summed E-state index contributed by atoms with van der Waals surface area (Å²) in [5.41, 5.74) is 0.642. The molecule has 3 rings (SSSR count). The molecule has 124 valence electrons. The summed E-state index contributed by atoms with van der Waals surface area (Å²) in [6, 6.07) is 5.95. The van der Waals surface area contributed by atoms with Crippen LogP contribution in [0.5, 0.6) is 5.75 Å². The fourth-order valence-electron chi connectivity index (χ4n) is 2.81. The zero-order valence-electron chi connectivity index (χ0n) is 12.8. The number of rotatable bonds is 4. The highest BCUT2D eigenvalue weighted by Gasteiger charge is 2.38. The van der Waals surface area contributed by atoms with Gasteiger partial charge in [0.1, 0.15) is 17.2 Å². The first-order chi connectivity index (χ1) is 10.9. The predicted octanol–water partition coefficient (Wildman–Crippen LogP) is 3.17. The number of hydrogen-bond acceptors (Lipinski definition) is 5. The fraction of sp³-hybridized carbons (Fsp3) is 0.400. The molecular formula is C15H17ClN2O4S. The van der Waals surface area contributed by atoms with E-state index >= 15 is 0 Å². The Bertz CT molecular complexity index is 819. The summed E-state index contributed by atoms with van der Waals surface area (Å²) in [5.74, 6) is 1.10. The van der Waals surface area contributed by atoms with Crippen LogP contribution in [0.4, 0.5) is 0 Å². The van der Waals surface area contributed by atoms with Gasteiger partial charge in [0.05, 0.1) is 23.1 Å². The van der Waals surface area contributed by atoms with E-state index in [1.54, 1.807) is 19.1 Å². The summed E-state index contributed by atoms with van der Waals surface area (Å²) in [5, 5.41) is 4.24. The van der Waals surface area contributed by atoms with Crippen molar-refractivity contribution in [2.45, 2.75) is 30.7 Å². The van der Waals surface area contributed by atoms with E-state index in [1.165, 1.54) is 23.5 Å². The molecule has 1 saturated heterocycles. The summed E-state index contributed by atoms with van der Waals surface area (Å²) in [6.45, 7) is 2.23. The second-order valence-electron chi connectivity index (χ2n) is 5.43. The van der Waals surface area contributed by atoms with Gasteiger partial charge in [-0.05, 0) is 38.0 Å². The van der Waals surface area contributed by atoms with Gasteiger partial charge in [0.2, 0.25) is 10.0 Å². The van der Waals surface area contributed by atoms with Crippen molar-refractivity contribution in [1.29, 1.82) is 0 Å². The lowest BCUT2D eigenvalue weighted by atomic mass is 10.1. The van der Waals surface area contributed by atoms with E-state index in [2.05, 4.69) is 5.16 Å². The molecule has 1 aliphatic heterocycles. The van der Waals surface area contributed by atoms with Crippen LogP contribution in [-0.4, -0.2) is 31.5 Å². The van der Waals surface area contributed by atoms with Gasteiger partial charge in [0.15, 0.2) is 0 Å². The molecule has 1 aromatic carbocycles. The van der Waals surface area contributed by atoms with E-state index in [1.807, 2.05) is 0 Å². The molecule has 2 aromatic rings. The SMILES string of the molecule is COc1ccc(S(=O)(=O)N2CCCC2c2cc(C)on2)cc1Cl. The molecule has 23 heavy (non-hydrogen) atoms. The van der Waals surface area contributed by atoms with Gasteiger partial charge >= 0.3 is 0 Å². The second kappa shape index (κ2) is 6.14. The highest BCUT2D eigenvalue weighted by atomic mass is 35.5. The van der Waals surface area contributed by atoms with Gasteiger partial charge in [-0.25, -0.2) is 8.42 Å². The minimum atomic E-state index is -3.66. The summed E-state index contributed by atoms with van der Waals surface area (Å²) in [6.07, 6.45) is 1.49. The number of nitrogens with zero attached hydrogens (tertiary/aromatic N) is 2. The quantitative estimate of drug-likeness (QED) is 0.841. The van der Waals surface area contributed by atoms with Crippen LogP contribution < -0.4 is 4.74 Å². The summed E-state index contributed by atoms with van der Waals surface area (Å²) >= 11 is 6.06. The Hall–Kier alpha value is -1.57. The topological polar surface area (TPSA) is 72.6 Å². The molecule has 1 aromatic heterocycles. The Morgan fingerprint density at radius 1 is 1.39 bits per heavy atom. The minimum Gasteiger partial charge on any atom is -0.495 e. The molecule has 1 aliphatic rings. The van der Waals surface area contributed by atoms with E-state index in [0.717, 1.165) is 12.8 Å². The third-order valence-electron chi connectivity index (χ3n) is 3.92. The first kappa shape index (κ1) is 16.3. The number of halogens is 1. The third kappa shape index (κ3) is 2.96. The maximum atomic E-state index is 12.9. The number of hydrogen-bond donors (Lipinski definition) is 0. The Balaban J connectivity index is 1.96. The van der Waals surface area contributed by atoms with Gasteiger partial charge in [-0.2, -0.15) is 4.31 Å². The lowest BCUT2D eigenvalue weighted by molar-refractivity contribution is 0.349. The van der Waals surface area contributed by atoms with Gasteiger partial charge in [-0.15, -0.1) is 0 Å². The summed E-state index contributed by atoms with van der Waals surface area (Å²) < 4.78 is 37.5. The Morgan fingerprint density at radius 2 is 2.17 bits per heavy atom. The number of ether oxygens (including phenoxy) is 1. The molecule has 0 bridgehead atoms. The third-order valence-corrected chi connectivity index (χ3v) is 6.12.